The first-order chi connectivity index (χ1) is 14.8. The molecule has 2 amide bonds. The van der Waals surface area contributed by atoms with Crippen molar-refractivity contribution < 1.29 is 18.0 Å². The Morgan fingerprint density at radius 1 is 0.903 bits per heavy atom. The zero-order valence-corrected chi connectivity index (χ0v) is 18.0. The van der Waals surface area contributed by atoms with Crippen LogP contribution in [0, 0.1) is 0 Å². The normalized spacial score (nSPS) is 10.9. The summed E-state index contributed by atoms with van der Waals surface area (Å²) in [5, 5.41) is 5.46. The van der Waals surface area contributed by atoms with E-state index in [1.54, 1.807) is 54.6 Å². The van der Waals surface area contributed by atoms with Crippen LogP contribution in [0.5, 0.6) is 0 Å². The van der Waals surface area contributed by atoms with Gasteiger partial charge in [-0.25, -0.2) is 8.42 Å². The Labute approximate surface area is 181 Å². The van der Waals surface area contributed by atoms with E-state index in [0.717, 1.165) is 5.56 Å². The van der Waals surface area contributed by atoms with Crippen LogP contribution in [0.4, 0.5) is 11.4 Å². The third kappa shape index (κ3) is 5.49. The van der Waals surface area contributed by atoms with E-state index in [-0.39, 0.29) is 22.9 Å². The largest absolute Gasteiger partial charge is 0.348 e. The number of benzene rings is 3. The summed E-state index contributed by atoms with van der Waals surface area (Å²) in [6, 6.07) is 21.7. The number of para-hydroxylation sites is 1. The maximum atomic E-state index is 13.0. The fraction of sp³-hybridized carbons (Fsp3) is 0.130. The number of amides is 2. The maximum absolute atomic E-state index is 13.0. The fourth-order valence-corrected chi connectivity index (χ4v) is 4.22. The van der Waals surface area contributed by atoms with E-state index >= 15 is 0 Å². The van der Waals surface area contributed by atoms with Gasteiger partial charge in [-0.3, -0.25) is 13.9 Å². The molecule has 0 fully saturated rings. The Hall–Kier alpha value is -3.65. The van der Waals surface area contributed by atoms with Gasteiger partial charge in [-0.15, -0.1) is 0 Å². The topological polar surface area (TPSA) is 95.6 Å². The van der Waals surface area contributed by atoms with Crippen LogP contribution in [0.3, 0.4) is 0 Å². The predicted molar refractivity (Wildman–Crippen MR) is 120 cm³/mol. The number of carbonyl (C=O) groups is 2. The van der Waals surface area contributed by atoms with Crippen molar-refractivity contribution >= 4 is 33.2 Å². The van der Waals surface area contributed by atoms with Gasteiger partial charge in [0.2, 0.25) is 5.91 Å². The van der Waals surface area contributed by atoms with Crippen molar-refractivity contribution in [2.75, 3.05) is 16.7 Å². The standard InChI is InChI=1S/C23H23N3O4S/c1-17(27)25-20-10-6-8-18(14-20)16-24-23(28)19-9-7-13-22(15-19)31(29,30)26(2)21-11-4-3-5-12-21/h3-15H,16H2,1-2H3,(H,24,28)(H,25,27). The quantitative estimate of drug-likeness (QED) is 0.592. The minimum atomic E-state index is -3.82. The minimum absolute atomic E-state index is 0.0270. The van der Waals surface area contributed by atoms with E-state index in [1.165, 1.54) is 36.5 Å². The molecule has 3 aromatic rings. The monoisotopic (exact) mass is 437 g/mol. The summed E-state index contributed by atoms with van der Waals surface area (Å²) in [6.07, 6.45) is 0. The molecule has 0 aliphatic rings. The molecule has 0 aliphatic heterocycles. The van der Waals surface area contributed by atoms with Crippen LogP contribution < -0.4 is 14.9 Å². The zero-order valence-electron chi connectivity index (χ0n) is 17.2. The van der Waals surface area contributed by atoms with Crippen molar-refractivity contribution in [1.82, 2.24) is 5.32 Å². The number of rotatable bonds is 7. The van der Waals surface area contributed by atoms with Crippen LogP contribution >= 0.6 is 0 Å². The van der Waals surface area contributed by atoms with Gasteiger partial charge in [0.25, 0.3) is 15.9 Å². The smallest absolute Gasteiger partial charge is 0.264 e. The molecule has 0 bridgehead atoms. The first-order valence-corrected chi connectivity index (χ1v) is 11.0. The molecular weight excluding hydrogens is 414 g/mol. The summed E-state index contributed by atoms with van der Waals surface area (Å²) in [7, 11) is -2.35. The van der Waals surface area contributed by atoms with Gasteiger partial charge in [-0.05, 0) is 48.0 Å². The number of nitrogens with zero attached hydrogens (tertiary/aromatic N) is 1. The molecule has 8 heteroatoms. The molecule has 0 aliphatic carbocycles. The molecular formula is C23H23N3O4S. The third-order valence-corrected chi connectivity index (χ3v) is 6.36. The molecule has 0 heterocycles. The summed E-state index contributed by atoms with van der Waals surface area (Å²) in [6.45, 7) is 1.65. The van der Waals surface area contributed by atoms with Crippen LogP contribution in [0.15, 0.2) is 83.8 Å². The summed E-state index contributed by atoms with van der Waals surface area (Å²) in [5.41, 5.74) is 2.19. The number of carbonyl (C=O) groups excluding carboxylic acids is 2. The minimum Gasteiger partial charge on any atom is -0.348 e. The van der Waals surface area contributed by atoms with Crippen molar-refractivity contribution in [1.29, 1.82) is 0 Å². The SMILES string of the molecule is CC(=O)Nc1cccc(CNC(=O)c2cccc(S(=O)(=O)N(C)c3ccccc3)c2)c1. The second kappa shape index (κ2) is 9.44. The van der Waals surface area contributed by atoms with Gasteiger partial charge in [0, 0.05) is 31.8 Å². The number of sulfonamides is 1. The van der Waals surface area contributed by atoms with Crippen molar-refractivity contribution in [3.63, 3.8) is 0 Å². The van der Waals surface area contributed by atoms with E-state index in [4.69, 9.17) is 0 Å². The van der Waals surface area contributed by atoms with E-state index in [2.05, 4.69) is 10.6 Å². The highest BCUT2D eigenvalue weighted by Gasteiger charge is 2.22. The van der Waals surface area contributed by atoms with Crippen molar-refractivity contribution in [3.05, 3.63) is 90.0 Å². The molecule has 0 atom stereocenters. The summed E-state index contributed by atoms with van der Waals surface area (Å²) in [4.78, 5) is 23.8. The van der Waals surface area contributed by atoms with Gasteiger partial charge < -0.3 is 10.6 Å². The fourth-order valence-electron chi connectivity index (χ4n) is 2.98. The van der Waals surface area contributed by atoms with Crippen LogP contribution in [0.25, 0.3) is 0 Å². The molecule has 0 saturated carbocycles. The van der Waals surface area contributed by atoms with Gasteiger partial charge in [0.1, 0.15) is 0 Å². The van der Waals surface area contributed by atoms with Gasteiger partial charge >= 0.3 is 0 Å². The summed E-state index contributed by atoms with van der Waals surface area (Å²) < 4.78 is 27.1. The Bertz CT molecular complexity index is 1190. The molecule has 0 saturated heterocycles. The highest BCUT2D eigenvalue weighted by atomic mass is 32.2. The second-order valence-corrected chi connectivity index (χ2v) is 8.87. The maximum Gasteiger partial charge on any atom is 0.264 e. The van der Waals surface area contributed by atoms with E-state index < -0.39 is 15.9 Å². The predicted octanol–water partition coefficient (Wildman–Crippen LogP) is 3.40. The first-order valence-electron chi connectivity index (χ1n) is 9.56. The molecule has 7 nitrogen and oxygen atoms in total. The molecule has 3 rings (SSSR count). The first kappa shape index (κ1) is 22.0. The lowest BCUT2D eigenvalue weighted by Gasteiger charge is -2.19. The summed E-state index contributed by atoms with van der Waals surface area (Å²) in [5.74, 6) is -0.580. The number of nitrogens with one attached hydrogen (secondary N) is 2. The van der Waals surface area contributed by atoms with Crippen LogP contribution in [0.1, 0.15) is 22.8 Å². The number of hydrogen-bond acceptors (Lipinski definition) is 4. The molecule has 3 aromatic carbocycles. The lowest BCUT2D eigenvalue weighted by molar-refractivity contribution is -0.114. The molecule has 0 spiro atoms. The zero-order chi connectivity index (χ0) is 22.4. The molecule has 160 valence electrons. The van der Waals surface area contributed by atoms with Gasteiger partial charge in [0.15, 0.2) is 0 Å². The van der Waals surface area contributed by atoms with Crippen molar-refractivity contribution in [2.45, 2.75) is 18.4 Å². The van der Waals surface area contributed by atoms with E-state index in [0.29, 0.717) is 11.4 Å². The molecule has 0 radical (unpaired) electrons. The van der Waals surface area contributed by atoms with Gasteiger partial charge in [-0.1, -0.05) is 36.4 Å². The van der Waals surface area contributed by atoms with Crippen molar-refractivity contribution in [2.24, 2.45) is 0 Å². The highest BCUT2D eigenvalue weighted by molar-refractivity contribution is 7.92. The number of hydrogen-bond donors (Lipinski definition) is 2. The third-order valence-electron chi connectivity index (χ3n) is 4.57. The Morgan fingerprint density at radius 3 is 2.32 bits per heavy atom. The Balaban J connectivity index is 1.74. The van der Waals surface area contributed by atoms with Crippen LogP contribution in [-0.4, -0.2) is 27.3 Å². The lowest BCUT2D eigenvalue weighted by atomic mass is 10.1. The van der Waals surface area contributed by atoms with E-state index in [9.17, 15) is 18.0 Å². The highest BCUT2D eigenvalue weighted by Crippen LogP contribution is 2.22. The molecule has 2 N–H and O–H groups in total. The average molecular weight is 438 g/mol. The van der Waals surface area contributed by atoms with E-state index in [1.807, 2.05) is 6.07 Å². The Kier molecular flexibility index (Phi) is 6.71. The molecule has 0 unspecified atom stereocenters. The Morgan fingerprint density at radius 2 is 1.61 bits per heavy atom. The van der Waals surface area contributed by atoms with Gasteiger partial charge in [0.05, 0.1) is 10.6 Å². The van der Waals surface area contributed by atoms with Crippen LogP contribution in [0.2, 0.25) is 0 Å². The van der Waals surface area contributed by atoms with Crippen molar-refractivity contribution in [3.8, 4) is 0 Å². The molecule has 31 heavy (non-hydrogen) atoms. The number of anilines is 2. The average Bonchev–Trinajstić information content (AvgIpc) is 2.77. The second-order valence-electron chi connectivity index (χ2n) is 6.90. The van der Waals surface area contributed by atoms with Gasteiger partial charge in [-0.2, -0.15) is 0 Å². The summed E-state index contributed by atoms with van der Waals surface area (Å²) >= 11 is 0. The molecule has 0 aromatic heterocycles. The lowest BCUT2D eigenvalue weighted by Crippen LogP contribution is -2.27. The van der Waals surface area contributed by atoms with Crippen LogP contribution in [-0.2, 0) is 21.4 Å².